The van der Waals surface area contributed by atoms with Crippen LogP contribution in [-0.2, 0) is 19.9 Å². The summed E-state index contributed by atoms with van der Waals surface area (Å²) in [4.78, 5) is 54.6. The van der Waals surface area contributed by atoms with Gasteiger partial charge in [0.1, 0.15) is 11.4 Å². The number of hydrogen-bond donors (Lipinski definition) is 1. The summed E-state index contributed by atoms with van der Waals surface area (Å²) in [6.45, 7) is 2.12. The van der Waals surface area contributed by atoms with Crippen LogP contribution in [0.3, 0.4) is 0 Å². The number of rotatable bonds is 2. The SMILES string of the molecule is Cc1cc([N+](=O)[O-])ccc1N1C(=O)[C@@H]2[C@@H](C1=O)[C@]1(C(=O)Nc3ccc(F)cc31)N1CCC[C@@H]21. The van der Waals surface area contributed by atoms with Crippen LogP contribution in [0.2, 0.25) is 0 Å². The van der Waals surface area contributed by atoms with Crippen LogP contribution >= 0.6 is 0 Å². The molecule has 3 saturated heterocycles. The highest BCUT2D eigenvalue weighted by Gasteiger charge is 2.74. The lowest BCUT2D eigenvalue weighted by molar-refractivity contribution is -0.384. The van der Waals surface area contributed by atoms with E-state index in [1.807, 2.05) is 4.90 Å². The number of nitro benzene ring substituents is 1. The Labute approximate surface area is 187 Å². The average molecular weight is 450 g/mol. The van der Waals surface area contributed by atoms with Crippen LogP contribution in [0, 0.1) is 34.7 Å². The zero-order valence-corrected chi connectivity index (χ0v) is 17.6. The number of fused-ring (bicyclic) bond motifs is 7. The fourth-order valence-corrected chi connectivity index (χ4v) is 6.42. The summed E-state index contributed by atoms with van der Waals surface area (Å²) in [6, 6.07) is 7.65. The second-order valence-electron chi connectivity index (χ2n) is 9.06. The lowest BCUT2D eigenvalue weighted by atomic mass is 9.75. The number of amides is 3. The van der Waals surface area contributed by atoms with Crippen molar-refractivity contribution in [1.82, 2.24) is 4.90 Å². The van der Waals surface area contributed by atoms with E-state index in [2.05, 4.69) is 5.32 Å². The van der Waals surface area contributed by atoms with Crippen LogP contribution in [-0.4, -0.2) is 40.1 Å². The molecule has 4 atom stereocenters. The van der Waals surface area contributed by atoms with Gasteiger partial charge >= 0.3 is 0 Å². The van der Waals surface area contributed by atoms with Crippen molar-refractivity contribution in [3.05, 3.63) is 63.5 Å². The van der Waals surface area contributed by atoms with E-state index in [4.69, 9.17) is 0 Å². The maximum Gasteiger partial charge on any atom is 0.269 e. The summed E-state index contributed by atoms with van der Waals surface area (Å²) in [7, 11) is 0. The molecule has 2 aromatic rings. The fourth-order valence-electron chi connectivity index (χ4n) is 6.42. The Balaban J connectivity index is 1.53. The van der Waals surface area contributed by atoms with E-state index in [9.17, 15) is 28.9 Å². The van der Waals surface area contributed by atoms with Gasteiger partial charge in [0.15, 0.2) is 0 Å². The van der Waals surface area contributed by atoms with Gasteiger partial charge in [-0.25, -0.2) is 9.29 Å². The van der Waals surface area contributed by atoms with E-state index in [-0.39, 0.29) is 17.4 Å². The second kappa shape index (κ2) is 6.44. The minimum absolute atomic E-state index is 0.145. The van der Waals surface area contributed by atoms with Crippen molar-refractivity contribution in [2.45, 2.75) is 31.3 Å². The molecule has 4 heterocycles. The lowest BCUT2D eigenvalue weighted by Crippen LogP contribution is -2.54. The van der Waals surface area contributed by atoms with Crippen LogP contribution in [0.15, 0.2) is 36.4 Å². The summed E-state index contributed by atoms with van der Waals surface area (Å²) in [5, 5.41) is 13.9. The fraction of sp³-hybridized carbons (Fsp3) is 0.348. The van der Waals surface area contributed by atoms with Crippen molar-refractivity contribution in [2.24, 2.45) is 11.8 Å². The Kier molecular flexibility index (Phi) is 3.90. The number of nitro groups is 1. The van der Waals surface area contributed by atoms with Gasteiger partial charge in [0.25, 0.3) is 5.69 Å². The second-order valence-corrected chi connectivity index (χ2v) is 9.06. The minimum Gasteiger partial charge on any atom is -0.324 e. The topological polar surface area (TPSA) is 113 Å². The molecule has 2 aromatic carbocycles. The summed E-state index contributed by atoms with van der Waals surface area (Å²) in [5.74, 6) is -3.67. The molecule has 168 valence electrons. The number of nitrogens with one attached hydrogen (secondary N) is 1. The quantitative estimate of drug-likeness (QED) is 0.427. The molecule has 4 aliphatic heterocycles. The highest BCUT2D eigenvalue weighted by atomic mass is 19.1. The summed E-state index contributed by atoms with van der Waals surface area (Å²) in [5.41, 5.74) is -0.103. The van der Waals surface area contributed by atoms with Crippen LogP contribution in [0.5, 0.6) is 0 Å². The van der Waals surface area contributed by atoms with Crippen molar-refractivity contribution < 1.29 is 23.7 Å². The largest absolute Gasteiger partial charge is 0.324 e. The molecule has 1 spiro atoms. The molecule has 33 heavy (non-hydrogen) atoms. The van der Waals surface area contributed by atoms with Crippen molar-refractivity contribution in [1.29, 1.82) is 0 Å². The van der Waals surface area contributed by atoms with Crippen molar-refractivity contribution >= 4 is 34.8 Å². The van der Waals surface area contributed by atoms with Gasteiger partial charge in [-0.1, -0.05) is 0 Å². The van der Waals surface area contributed by atoms with Gasteiger partial charge in [-0.3, -0.25) is 29.4 Å². The van der Waals surface area contributed by atoms with Crippen LogP contribution in [0.1, 0.15) is 24.0 Å². The van der Waals surface area contributed by atoms with Crippen molar-refractivity contribution in [3.63, 3.8) is 0 Å². The lowest BCUT2D eigenvalue weighted by Gasteiger charge is -2.36. The maximum absolute atomic E-state index is 14.3. The highest BCUT2D eigenvalue weighted by molar-refractivity contribution is 6.26. The number of carbonyl (C=O) groups excluding carboxylic acids is 3. The Morgan fingerprint density at radius 2 is 1.94 bits per heavy atom. The Morgan fingerprint density at radius 3 is 2.67 bits per heavy atom. The van der Waals surface area contributed by atoms with Gasteiger partial charge in [-0.2, -0.15) is 0 Å². The Bertz CT molecular complexity index is 1300. The normalized spacial score (nSPS) is 30.1. The van der Waals surface area contributed by atoms with E-state index >= 15 is 0 Å². The van der Waals surface area contributed by atoms with Gasteiger partial charge < -0.3 is 5.32 Å². The molecule has 0 radical (unpaired) electrons. The molecule has 0 saturated carbocycles. The Morgan fingerprint density at radius 1 is 1.15 bits per heavy atom. The predicted octanol–water partition coefficient (Wildman–Crippen LogP) is 2.47. The predicted molar refractivity (Wildman–Crippen MR) is 114 cm³/mol. The molecule has 0 aliphatic carbocycles. The summed E-state index contributed by atoms with van der Waals surface area (Å²) in [6.07, 6.45) is 1.40. The molecular formula is C23H19FN4O5. The number of benzene rings is 2. The van der Waals surface area contributed by atoms with E-state index in [1.54, 1.807) is 6.92 Å². The van der Waals surface area contributed by atoms with E-state index in [0.717, 1.165) is 11.3 Å². The first-order valence-electron chi connectivity index (χ1n) is 10.8. The first-order chi connectivity index (χ1) is 15.8. The van der Waals surface area contributed by atoms with E-state index in [0.29, 0.717) is 29.8 Å². The maximum atomic E-state index is 14.3. The molecule has 0 bridgehead atoms. The number of carbonyl (C=O) groups is 3. The molecule has 9 nitrogen and oxygen atoms in total. The van der Waals surface area contributed by atoms with Gasteiger partial charge in [-0.15, -0.1) is 0 Å². The molecule has 0 unspecified atom stereocenters. The van der Waals surface area contributed by atoms with Gasteiger partial charge in [0.2, 0.25) is 17.7 Å². The van der Waals surface area contributed by atoms with Gasteiger partial charge in [0, 0.05) is 29.4 Å². The first kappa shape index (κ1) is 20.0. The number of halogens is 1. The monoisotopic (exact) mass is 450 g/mol. The third kappa shape index (κ3) is 2.31. The molecule has 10 heteroatoms. The first-order valence-corrected chi connectivity index (χ1v) is 10.8. The van der Waals surface area contributed by atoms with Crippen molar-refractivity contribution in [2.75, 3.05) is 16.8 Å². The average Bonchev–Trinajstić information content (AvgIpc) is 3.47. The molecule has 3 fully saturated rings. The minimum atomic E-state index is -1.46. The molecule has 4 aliphatic rings. The third-order valence-corrected chi connectivity index (χ3v) is 7.59. The molecular weight excluding hydrogens is 431 g/mol. The van der Waals surface area contributed by atoms with E-state index in [1.165, 1.54) is 36.4 Å². The zero-order valence-electron chi connectivity index (χ0n) is 17.6. The standard InChI is InChI=1S/C23H19FN4O5/c1-11-9-13(28(32)33)5-7-16(11)27-20(29)18-17-3-2-8-26(17)23(19(18)21(27)30)14-10-12(24)4-6-15(14)25-22(23)31/h4-7,9-10,17-19H,2-3,8H2,1H3,(H,25,31)/t17-,18-,19-,23+/m0/s1. The zero-order chi connectivity index (χ0) is 23.2. The van der Waals surface area contributed by atoms with Gasteiger partial charge in [-0.05, 0) is 56.1 Å². The molecule has 3 amide bonds. The molecule has 0 aromatic heterocycles. The molecule has 6 rings (SSSR count). The van der Waals surface area contributed by atoms with Crippen molar-refractivity contribution in [3.8, 4) is 0 Å². The van der Waals surface area contributed by atoms with Crippen LogP contribution < -0.4 is 10.2 Å². The number of imide groups is 1. The third-order valence-electron chi connectivity index (χ3n) is 7.59. The van der Waals surface area contributed by atoms with Crippen LogP contribution in [0.4, 0.5) is 21.5 Å². The van der Waals surface area contributed by atoms with E-state index < -0.39 is 45.8 Å². The number of non-ortho nitro benzene ring substituents is 1. The van der Waals surface area contributed by atoms with Crippen LogP contribution in [0.25, 0.3) is 0 Å². The number of hydrogen-bond acceptors (Lipinski definition) is 6. The Hall–Kier alpha value is -3.66. The number of anilines is 2. The molecule has 1 N–H and O–H groups in total. The highest BCUT2D eigenvalue weighted by Crippen LogP contribution is 2.60. The number of aryl methyl sites for hydroxylation is 1. The number of nitrogens with zero attached hydrogens (tertiary/aromatic N) is 3. The summed E-state index contributed by atoms with van der Waals surface area (Å²) < 4.78 is 14.3. The van der Waals surface area contributed by atoms with Gasteiger partial charge in [0.05, 0.1) is 22.4 Å². The summed E-state index contributed by atoms with van der Waals surface area (Å²) >= 11 is 0. The smallest absolute Gasteiger partial charge is 0.269 e.